The van der Waals surface area contributed by atoms with Gasteiger partial charge in [-0.1, -0.05) is 54.6 Å². The van der Waals surface area contributed by atoms with E-state index in [0.29, 0.717) is 0 Å². The molecule has 0 atom stereocenters. The molecule has 19 heavy (non-hydrogen) atoms. The second kappa shape index (κ2) is 6.01. The molecule has 0 bridgehead atoms. The highest BCUT2D eigenvalue weighted by Crippen LogP contribution is 2.29. The summed E-state index contributed by atoms with van der Waals surface area (Å²) in [5.74, 6) is -0.360. The fourth-order valence-corrected chi connectivity index (χ4v) is 1.95. The summed E-state index contributed by atoms with van der Waals surface area (Å²) in [6.45, 7) is 0.245. The number of hydrogen-bond donors (Lipinski definition) is 0. The largest absolute Gasteiger partial charge is 0.461 e. The number of rotatable bonds is 4. The van der Waals surface area contributed by atoms with Crippen molar-refractivity contribution in [2.24, 2.45) is 5.41 Å². The lowest BCUT2D eigenvalue weighted by Crippen LogP contribution is -2.20. The molecule has 0 radical (unpaired) electrons. The van der Waals surface area contributed by atoms with Crippen molar-refractivity contribution in [3.05, 3.63) is 60.2 Å². The van der Waals surface area contributed by atoms with Crippen LogP contribution in [0.3, 0.4) is 0 Å². The molecule has 0 unspecified atom stereocenters. The van der Waals surface area contributed by atoms with Crippen molar-refractivity contribution in [2.45, 2.75) is 19.4 Å². The number of nitrogens with zero attached hydrogens (tertiary/aromatic N) is 1. The summed E-state index contributed by atoms with van der Waals surface area (Å²) in [4.78, 5) is 11.8. The molecule has 2 rings (SSSR count). The van der Waals surface area contributed by atoms with E-state index in [2.05, 4.69) is 6.07 Å². The molecular weight excluding hydrogens is 238 g/mol. The van der Waals surface area contributed by atoms with Crippen LogP contribution < -0.4 is 0 Å². The van der Waals surface area contributed by atoms with Crippen molar-refractivity contribution in [3.63, 3.8) is 0 Å². The molecular formula is C16H15NO2. The van der Waals surface area contributed by atoms with E-state index in [-0.39, 0.29) is 19.0 Å². The van der Waals surface area contributed by atoms with Crippen LogP contribution in [-0.2, 0) is 16.1 Å². The fraction of sp³-hybridized carbons (Fsp3) is 0.250. The Bertz CT molecular complexity index is 526. The molecule has 1 aromatic carbocycles. The number of hydrogen-bond acceptors (Lipinski definition) is 3. The Labute approximate surface area is 112 Å². The number of esters is 1. The van der Waals surface area contributed by atoms with Gasteiger partial charge in [0.2, 0.25) is 0 Å². The Kier molecular flexibility index (Phi) is 4.15. The number of benzene rings is 1. The summed E-state index contributed by atoms with van der Waals surface area (Å²) in [6, 6.07) is 11.7. The summed E-state index contributed by atoms with van der Waals surface area (Å²) in [7, 11) is 0. The molecule has 96 valence electrons. The van der Waals surface area contributed by atoms with E-state index in [9.17, 15) is 10.1 Å². The summed E-state index contributed by atoms with van der Waals surface area (Å²) in [5, 5.41) is 9.22. The Hall–Kier alpha value is -2.34. The Morgan fingerprint density at radius 2 is 1.95 bits per heavy atom. The molecule has 0 saturated heterocycles. The van der Waals surface area contributed by atoms with E-state index in [0.717, 1.165) is 12.0 Å². The predicted octanol–water partition coefficient (Wildman–Crippen LogP) is 3.15. The lowest BCUT2D eigenvalue weighted by Gasteiger charge is -2.19. The van der Waals surface area contributed by atoms with E-state index in [1.54, 1.807) is 12.2 Å². The second-order valence-corrected chi connectivity index (χ2v) is 4.52. The van der Waals surface area contributed by atoms with E-state index < -0.39 is 5.41 Å². The summed E-state index contributed by atoms with van der Waals surface area (Å²) in [6.07, 6.45) is 8.21. The molecule has 0 heterocycles. The lowest BCUT2D eigenvalue weighted by atomic mass is 9.82. The normalized spacial score (nSPS) is 15.7. The van der Waals surface area contributed by atoms with Crippen LogP contribution in [0.2, 0.25) is 0 Å². The van der Waals surface area contributed by atoms with Gasteiger partial charge in [-0.15, -0.1) is 0 Å². The zero-order chi connectivity index (χ0) is 13.6. The van der Waals surface area contributed by atoms with Crippen LogP contribution in [0, 0.1) is 16.7 Å². The third kappa shape index (κ3) is 3.56. The van der Waals surface area contributed by atoms with Gasteiger partial charge in [0.1, 0.15) is 12.0 Å². The predicted molar refractivity (Wildman–Crippen MR) is 71.8 cm³/mol. The van der Waals surface area contributed by atoms with Crippen LogP contribution in [-0.4, -0.2) is 5.97 Å². The second-order valence-electron chi connectivity index (χ2n) is 4.52. The summed E-state index contributed by atoms with van der Waals surface area (Å²) < 4.78 is 5.20. The number of allylic oxidation sites excluding steroid dienone is 4. The first-order chi connectivity index (χ1) is 9.24. The van der Waals surface area contributed by atoms with Gasteiger partial charge < -0.3 is 4.74 Å². The molecule has 3 heteroatoms. The third-order valence-corrected chi connectivity index (χ3v) is 2.99. The molecule has 0 saturated carbocycles. The molecule has 3 nitrogen and oxygen atoms in total. The monoisotopic (exact) mass is 253 g/mol. The van der Waals surface area contributed by atoms with Gasteiger partial charge in [-0.3, -0.25) is 4.79 Å². The molecule has 1 aliphatic rings. The highest BCUT2D eigenvalue weighted by molar-refractivity contribution is 5.72. The van der Waals surface area contributed by atoms with Crippen molar-refractivity contribution in [1.82, 2.24) is 0 Å². The van der Waals surface area contributed by atoms with Gasteiger partial charge in [-0.2, -0.15) is 5.26 Å². The Balaban J connectivity index is 1.91. The fourth-order valence-electron chi connectivity index (χ4n) is 1.95. The van der Waals surface area contributed by atoms with Crippen molar-refractivity contribution >= 4 is 5.97 Å². The van der Waals surface area contributed by atoms with Crippen LogP contribution >= 0.6 is 0 Å². The quantitative estimate of drug-likeness (QED) is 0.611. The number of nitriles is 1. The third-order valence-electron chi connectivity index (χ3n) is 2.99. The standard InChI is InChI=1S/C16H15NO2/c17-13-16(9-5-2-6-10-16)11-15(18)19-12-14-7-3-1-4-8-14/h1,3-10H,2,11-12H2. The molecule has 1 aliphatic carbocycles. The zero-order valence-electron chi connectivity index (χ0n) is 10.6. The van der Waals surface area contributed by atoms with Gasteiger partial charge in [0, 0.05) is 0 Å². The molecule has 0 fully saturated rings. The van der Waals surface area contributed by atoms with E-state index >= 15 is 0 Å². The number of ether oxygens (including phenoxy) is 1. The molecule has 0 N–H and O–H groups in total. The average Bonchev–Trinajstić information content (AvgIpc) is 2.47. The van der Waals surface area contributed by atoms with Crippen LogP contribution in [0.15, 0.2) is 54.6 Å². The van der Waals surface area contributed by atoms with E-state index in [1.807, 2.05) is 42.5 Å². The Morgan fingerprint density at radius 1 is 1.26 bits per heavy atom. The van der Waals surface area contributed by atoms with Crippen molar-refractivity contribution < 1.29 is 9.53 Å². The van der Waals surface area contributed by atoms with Crippen LogP contribution in [0.5, 0.6) is 0 Å². The SMILES string of the molecule is N#CC1(CC(=O)OCc2ccccc2)C=CCC=C1. The van der Waals surface area contributed by atoms with Gasteiger partial charge in [0.05, 0.1) is 12.5 Å². The molecule has 0 spiro atoms. The smallest absolute Gasteiger partial charge is 0.308 e. The minimum Gasteiger partial charge on any atom is -0.461 e. The molecule has 0 amide bonds. The first-order valence-electron chi connectivity index (χ1n) is 6.20. The van der Waals surface area contributed by atoms with Gasteiger partial charge >= 0.3 is 5.97 Å². The van der Waals surface area contributed by atoms with Crippen LogP contribution in [0.1, 0.15) is 18.4 Å². The first kappa shape index (κ1) is 13.1. The number of carbonyl (C=O) groups excluding carboxylic acids is 1. The van der Waals surface area contributed by atoms with Crippen LogP contribution in [0.4, 0.5) is 0 Å². The Morgan fingerprint density at radius 3 is 2.58 bits per heavy atom. The van der Waals surface area contributed by atoms with Crippen molar-refractivity contribution in [1.29, 1.82) is 5.26 Å². The molecule has 0 aromatic heterocycles. The van der Waals surface area contributed by atoms with E-state index in [1.165, 1.54) is 0 Å². The van der Waals surface area contributed by atoms with Crippen molar-refractivity contribution in [3.8, 4) is 6.07 Å². The average molecular weight is 253 g/mol. The van der Waals surface area contributed by atoms with Crippen molar-refractivity contribution in [2.75, 3.05) is 0 Å². The maximum absolute atomic E-state index is 11.8. The number of carbonyl (C=O) groups is 1. The highest BCUT2D eigenvalue weighted by atomic mass is 16.5. The van der Waals surface area contributed by atoms with Gasteiger partial charge in [0.15, 0.2) is 0 Å². The lowest BCUT2D eigenvalue weighted by molar-refractivity contribution is -0.146. The molecule has 0 aliphatic heterocycles. The first-order valence-corrected chi connectivity index (χ1v) is 6.20. The van der Waals surface area contributed by atoms with Crippen LogP contribution in [0.25, 0.3) is 0 Å². The molecule has 1 aromatic rings. The minimum atomic E-state index is -0.841. The van der Waals surface area contributed by atoms with Gasteiger partial charge in [-0.25, -0.2) is 0 Å². The zero-order valence-corrected chi connectivity index (χ0v) is 10.6. The maximum atomic E-state index is 11.8. The van der Waals surface area contributed by atoms with Gasteiger partial charge in [-0.05, 0) is 12.0 Å². The topological polar surface area (TPSA) is 50.1 Å². The summed E-state index contributed by atoms with van der Waals surface area (Å²) >= 11 is 0. The highest BCUT2D eigenvalue weighted by Gasteiger charge is 2.29. The minimum absolute atomic E-state index is 0.0589. The van der Waals surface area contributed by atoms with E-state index in [4.69, 9.17) is 4.74 Å². The summed E-state index contributed by atoms with van der Waals surface area (Å²) in [5.41, 5.74) is 0.100. The van der Waals surface area contributed by atoms with Gasteiger partial charge in [0.25, 0.3) is 0 Å². The maximum Gasteiger partial charge on any atom is 0.308 e.